The molecule has 154 valence electrons. The number of pyridine rings is 1. The quantitative estimate of drug-likeness (QED) is 0.740. The first kappa shape index (κ1) is 19.4. The summed E-state index contributed by atoms with van der Waals surface area (Å²) in [4.78, 5) is 33.8. The van der Waals surface area contributed by atoms with Gasteiger partial charge in [0.05, 0.1) is 26.0 Å². The van der Waals surface area contributed by atoms with Crippen molar-refractivity contribution in [3.63, 3.8) is 0 Å². The molecule has 0 aliphatic carbocycles. The third-order valence-corrected chi connectivity index (χ3v) is 5.25. The molecule has 4 rings (SSSR count). The highest BCUT2D eigenvalue weighted by molar-refractivity contribution is 5.96. The van der Waals surface area contributed by atoms with Gasteiger partial charge in [-0.15, -0.1) is 0 Å². The van der Waals surface area contributed by atoms with E-state index >= 15 is 0 Å². The smallest absolute Gasteiger partial charge is 0.275 e. The maximum Gasteiger partial charge on any atom is 0.275 e. The van der Waals surface area contributed by atoms with E-state index in [2.05, 4.69) is 10.1 Å². The van der Waals surface area contributed by atoms with E-state index in [9.17, 15) is 9.59 Å². The molecule has 0 spiro atoms. The molecule has 0 bridgehead atoms. The molecule has 0 aromatic carbocycles. The van der Waals surface area contributed by atoms with Crippen LogP contribution in [0.3, 0.4) is 0 Å². The molecular weight excluding hydrogens is 374 g/mol. The largest absolute Gasteiger partial charge is 0.487 e. The molecule has 0 saturated carbocycles. The van der Waals surface area contributed by atoms with Crippen molar-refractivity contribution in [2.45, 2.75) is 32.0 Å². The van der Waals surface area contributed by atoms with E-state index < -0.39 is 6.04 Å². The van der Waals surface area contributed by atoms with Gasteiger partial charge in [-0.1, -0.05) is 0 Å². The molecule has 2 aliphatic rings. The van der Waals surface area contributed by atoms with E-state index in [0.29, 0.717) is 57.3 Å². The first-order chi connectivity index (χ1) is 14.2. The fourth-order valence-corrected chi connectivity index (χ4v) is 3.74. The average molecular weight is 399 g/mol. The lowest BCUT2D eigenvalue weighted by Crippen LogP contribution is -2.51. The number of nitrogens with zero attached hydrogens (tertiary/aromatic N) is 5. The van der Waals surface area contributed by atoms with Gasteiger partial charge in [0.15, 0.2) is 0 Å². The van der Waals surface area contributed by atoms with E-state index in [-0.39, 0.29) is 17.9 Å². The second kappa shape index (κ2) is 8.60. The molecule has 2 aromatic rings. The van der Waals surface area contributed by atoms with Gasteiger partial charge in [0.1, 0.15) is 23.6 Å². The minimum Gasteiger partial charge on any atom is -0.487 e. The number of morpholine rings is 1. The van der Waals surface area contributed by atoms with E-state index in [1.807, 2.05) is 13.0 Å². The van der Waals surface area contributed by atoms with E-state index in [1.54, 1.807) is 45.2 Å². The van der Waals surface area contributed by atoms with Crippen molar-refractivity contribution in [3.05, 3.63) is 42.5 Å². The Kier molecular flexibility index (Phi) is 5.75. The lowest BCUT2D eigenvalue weighted by atomic mass is 10.1. The number of hydrogen-bond acceptors (Lipinski definition) is 6. The van der Waals surface area contributed by atoms with E-state index in [1.165, 1.54) is 0 Å². The summed E-state index contributed by atoms with van der Waals surface area (Å²) >= 11 is 0. The summed E-state index contributed by atoms with van der Waals surface area (Å²) in [6.07, 6.45) is 5.22. The lowest BCUT2D eigenvalue weighted by Gasteiger charge is -2.32. The normalized spacial score (nSPS) is 22.0. The van der Waals surface area contributed by atoms with Crippen LogP contribution in [0.15, 0.2) is 36.8 Å². The Morgan fingerprint density at radius 3 is 2.79 bits per heavy atom. The predicted molar refractivity (Wildman–Crippen MR) is 103 cm³/mol. The van der Waals surface area contributed by atoms with Crippen molar-refractivity contribution >= 4 is 11.8 Å². The summed E-state index contributed by atoms with van der Waals surface area (Å²) < 4.78 is 13.1. The molecule has 9 nitrogen and oxygen atoms in total. The van der Waals surface area contributed by atoms with Crippen LogP contribution in [0.1, 0.15) is 23.8 Å². The van der Waals surface area contributed by atoms with Crippen molar-refractivity contribution in [3.8, 4) is 5.75 Å². The van der Waals surface area contributed by atoms with Crippen LogP contribution in [0, 0.1) is 0 Å². The maximum absolute atomic E-state index is 13.2. The van der Waals surface area contributed by atoms with Crippen LogP contribution in [-0.2, 0) is 16.1 Å². The molecule has 29 heavy (non-hydrogen) atoms. The molecular formula is C20H25N5O4. The van der Waals surface area contributed by atoms with Gasteiger partial charge in [-0.3, -0.25) is 19.3 Å². The molecule has 2 amide bonds. The number of hydrogen-bond donors (Lipinski definition) is 0. The highest BCUT2D eigenvalue weighted by Gasteiger charge is 2.43. The van der Waals surface area contributed by atoms with Crippen LogP contribution < -0.4 is 4.74 Å². The van der Waals surface area contributed by atoms with Crippen molar-refractivity contribution in [1.82, 2.24) is 24.6 Å². The second-order valence-corrected chi connectivity index (χ2v) is 7.13. The number of aryl methyl sites for hydroxylation is 1. The fourth-order valence-electron chi connectivity index (χ4n) is 3.74. The highest BCUT2D eigenvalue weighted by atomic mass is 16.5. The summed E-state index contributed by atoms with van der Waals surface area (Å²) in [6.45, 7) is 5.07. The van der Waals surface area contributed by atoms with Gasteiger partial charge in [-0.25, -0.2) is 0 Å². The molecule has 2 atom stereocenters. The average Bonchev–Trinajstić information content (AvgIpc) is 3.41. The zero-order valence-electron chi connectivity index (χ0n) is 16.4. The minimum atomic E-state index is -0.575. The van der Waals surface area contributed by atoms with Crippen LogP contribution in [0.25, 0.3) is 0 Å². The fraction of sp³-hybridized carbons (Fsp3) is 0.500. The topological polar surface area (TPSA) is 89.8 Å². The van der Waals surface area contributed by atoms with Crippen LogP contribution in [-0.4, -0.2) is 81.4 Å². The molecule has 2 aliphatic heterocycles. The predicted octanol–water partition coefficient (Wildman–Crippen LogP) is 0.819. The van der Waals surface area contributed by atoms with Crippen LogP contribution >= 0.6 is 0 Å². The highest BCUT2D eigenvalue weighted by Crippen LogP contribution is 2.26. The summed E-state index contributed by atoms with van der Waals surface area (Å²) in [5, 5.41) is 4.32. The van der Waals surface area contributed by atoms with Gasteiger partial charge in [-0.05, 0) is 25.1 Å². The molecule has 0 unspecified atom stereocenters. The van der Waals surface area contributed by atoms with Crippen molar-refractivity contribution in [1.29, 1.82) is 0 Å². The molecule has 2 saturated heterocycles. The zero-order valence-corrected chi connectivity index (χ0v) is 16.4. The van der Waals surface area contributed by atoms with E-state index in [4.69, 9.17) is 9.47 Å². The third-order valence-electron chi connectivity index (χ3n) is 5.25. The standard InChI is InChI=1S/C20H25N5O4/c1-2-24-7-5-17(22-24)19(26)25-14-16(29-15-4-3-6-21-13-15)12-18(25)20(27)23-8-10-28-11-9-23/h3-7,13,16,18H,2,8-12,14H2,1H3/t16-,18-/m0/s1. The Morgan fingerprint density at radius 2 is 2.10 bits per heavy atom. The van der Waals surface area contributed by atoms with E-state index in [0.717, 1.165) is 0 Å². The summed E-state index contributed by atoms with van der Waals surface area (Å²) in [6, 6.07) is 4.73. The van der Waals surface area contributed by atoms with Crippen LogP contribution in [0.4, 0.5) is 0 Å². The molecule has 2 aromatic heterocycles. The van der Waals surface area contributed by atoms with Gasteiger partial charge < -0.3 is 19.3 Å². The summed E-state index contributed by atoms with van der Waals surface area (Å²) in [5.41, 5.74) is 0.341. The Labute approximate surface area is 169 Å². The molecule has 0 radical (unpaired) electrons. The number of likely N-dealkylation sites (tertiary alicyclic amines) is 1. The molecule has 2 fully saturated rings. The Hall–Kier alpha value is -2.94. The Morgan fingerprint density at radius 1 is 1.28 bits per heavy atom. The summed E-state index contributed by atoms with van der Waals surface area (Å²) in [5.74, 6) is 0.314. The first-order valence-electron chi connectivity index (χ1n) is 9.93. The number of rotatable bonds is 5. The monoisotopic (exact) mass is 399 g/mol. The van der Waals surface area contributed by atoms with Crippen LogP contribution in [0.2, 0.25) is 0 Å². The van der Waals surface area contributed by atoms with Gasteiger partial charge in [-0.2, -0.15) is 5.10 Å². The minimum absolute atomic E-state index is 0.0612. The van der Waals surface area contributed by atoms with Gasteiger partial charge >= 0.3 is 0 Å². The van der Waals surface area contributed by atoms with Crippen molar-refractivity contribution in [2.24, 2.45) is 0 Å². The SMILES string of the molecule is CCn1ccc(C(=O)N2C[C@@H](Oc3cccnc3)C[C@H]2C(=O)N2CCOCC2)n1. The maximum atomic E-state index is 13.2. The number of aromatic nitrogens is 3. The van der Waals surface area contributed by atoms with Crippen LogP contribution in [0.5, 0.6) is 5.75 Å². The van der Waals surface area contributed by atoms with Crippen molar-refractivity contribution < 1.29 is 19.1 Å². The summed E-state index contributed by atoms with van der Waals surface area (Å²) in [7, 11) is 0. The Balaban J connectivity index is 1.54. The van der Waals surface area contributed by atoms with Gasteiger partial charge in [0.25, 0.3) is 5.91 Å². The molecule has 9 heteroatoms. The number of ether oxygens (including phenoxy) is 2. The molecule has 4 heterocycles. The first-order valence-corrected chi connectivity index (χ1v) is 9.93. The van der Waals surface area contributed by atoms with Gasteiger partial charge in [0.2, 0.25) is 5.91 Å². The number of amides is 2. The zero-order chi connectivity index (χ0) is 20.2. The van der Waals surface area contributed by atoms with Gasteiger partial charge in [0, 0.05) is 38.4 Å². The second-order valence-electron chi connectivity index (χ2n) is 7.13. The number of carbonyl (C=O) groups is 2. The lowest BCUT2D eigenvalue weighted by molar-refractivity contribution is -0.139. The molecule has 0 N–H and O–H groups in total. The number of carbonyl (C=O) groups excluding carboxylic acids is 2. The van der Waals surface area contributed by atoms with Crippen molar-refractivity contribution in [2.75, 3.05) is 32.8 Å². The third kappa shape index (κ3) is 4.24. The Bertz CT molecular complexity index is 850.